The SMILES string of the molecule is C=C(C)CNc1cc(Cl)ccc1F. The van der Waals surface area contributed by atoms with Crippen LogP contribution in [0, 0.1) is 5.82 Å². The van der Waals surface area contributed by atoms with Crippen LogP contribution in [-0.2, 0) is 0 Å². The Morgan fingerprint density at radius 1 is 1.62 bits per heavy atom. The summed E-state index contributed by atoms with van der Waals surface area (Å²) in [5, 5.41) is 3.41. The standard InChI is InChI=1S/C10H11ClFN/c1-7(2)6-13-10-5-8(11)3-4-9(10)12/h3-5,13H,1,6H2,2H3. The van der Waals surface area contributed by atoms with Gasteiger partial charge in [-0.2, -0.15) is 0 Å². The normalized spacial score (nSPS) is 9.77. The smallest absolute Gasteiger partial charge is 0.146 e. The van der Waals surface area contributed by atoms with E-state index in [2.05, 4.69) is 11.9 Å². The Morgan fingerprint density at radius 3 is 2.92 bits per heavy atom. The summed E-state index contributed by atoms with van der Waals surface area (Å²) in [5.74, 6) is -0.300. The number of anilines is 1. The zero-order valence-corrected chi connectivity index (χ0v) is 8.16. The maximum atomic E-state index is 13.1. The van der Waals surface area contributed by atoms with E-state index in [9.17, 15) is 4.39 Å². The van der Waals surface area contributed by atoms with Crippen LogP contribution in [-0.4, -0.2) is 6.54 Å². The lowest BCUT2D eigenvalue weighted by atomic mass is 10.3. The molecular weight excluding hydrogens is 189 g/mol. The van der Waals surface area contributed by atoms with Crippen LogP contribution in [0.2, 0.25) is 5.02 Å². The van der Waals surface area contributed by atoms with Gasteiger partial charge < -0.3 is 5.32 Å². The van der Waals surface area contributed by atoms with Crippen LogP contribution >= 0.6 is 11.6 Å². The fourth-order valence-corrected chi connectivity index (χ4v) is 1.05. The summed E-state index contributed by atoms with van der Waals surface area (Å²) < 4.78 is 13.1. The summed E-state index contributed by atoms with van der Waals surface area (Å²) in [5.41, 5.74) is 1.36. The van der Waals surface area contributed by atoms with E-state index in [0.29, 0.717) is 17.3 Å². The molecule has 0 saturated heterocycles. The molecular formula is C10H11ClFN. The molecule has 3 heteroatoms. The minimum Gasteiger partial charge on any atom is -0.379 e. The Kier molecular flexibility index (Phi) is 3.32. The fraction of sp³-hybridized carbons (Fsp3) is 0.200. The maximum absolute atomic E-state index is 13.1. The van der Waals surface area contributed by atoms with Crippen molar-refractivity contribution in [3.63, 3.8) is 0 Å². The van der Waals surface area contributed by atoms with E-state index >= 15 is 0 Å². The minimum atomic E-state index is -0.300. The molecule has 0 aromatic heterocycles. The summed E-state index contributed by atoms with van der Waals surface area (Å²) in [6.45, 7) is 6.13. The molecule has 0 unspecified atom stereocenters. The van der Waals surface area contributed by atoms with E-state index in [1.165, 1.54) is 12.1 Å². The molecule has 0 atom stereocenters. The quantitative estimate of drug-likeness (QED) is 0.736. The van der Waals surface area contributed by atoms with Crippen LogP contribution in [0.15, 0.2) is 30.4 Å². The van der Waals surface area contributed by atoms with Crippen molar-refractivity contribution < 1.29 is 4.39 Å². The highest BCUT2D eigenvalue weighted by Gasteiger charge is 2.01. The number of hydrogen-bond donors (Lipinski definition) is 1. The fourth-order valence-electron chi connectivity index (χ4n) is 0.879. The molecule has 0 saturated carbocycles. The average molecular weight is 200 g/mol. The van der Waals surface area contributed by atoms with Crippen molar-refractivity contribution in [3.8, 4) is 0 Å². The third kappa shape index (κ3) is 3.07. The van der Waals surface area contributed by atoms with Crippen LogP contribution in [0.4, 0.5) is 10.1 Å². The lowest BCUT2D eigenvalue weighted by Crippen LogP contribution is -2.03. The van der Waals surface area contributed by atoms with Gasteiger partial charge in [0, 0.05) is 11.6 Å². The summed E-state index contributed by atoms with van der Waals surface area (Å²) in [4.78, 5) is 0. The van der Waals surface area contributed by atoms with Gasteiger partial charge in [-0.25, -0.2) is 4.39 Å². The van der Waals surface area contributed by atoms with E-state index in [-0.39, 0.29) is 5.82 Å². The van der Waals surface area contributed by atoms with Crippen LogP contribution in [0.5, 0.6) is 0 Å². The largest absolute Gasteiger partial charge is 0.379 e. The molecule has 0 heterocycles. The maximum Gasteiger partial charge on any atom is 0.146 e. The lowest BCUT2D eigenvalue weighted by Gasteiger charge is -2.06. The van der Waals surface area contributed by atoms with E-state index in [1.807, 2.05) is 6.92 Å². The minimum absolute atomic E-state index is 0.300. The topological polar surface area (TPSA) is 12.0 Å². The van der Waals surface area contributed by atoms with Crippen molar-refractivity contribution in [2.45, 2.75) is 6.92 Å². The molecule has 70 valence electrons. The first-order valence-corrected chi connectivity index (χ1v) is 4.30. The number of halogens is 2. The van der Waals surface area contributed by atoms with Gasteiger partial charge in [0.05, 0.1) is 5.69 Å². The molecule has 0 bridgehead atoms. The van der Waals surface area contributed by atoms with Crippen molar-refractivity contribution >= 4 is 17.3 Å². The first kappa shape index (κ1) is 10.1. The molecule has 1 aromatic carbocycles. The Balaban J connectivity index is 2.75. The Hall–Kier alpha value is -1.02. The van der Waals surface area contributed by atoms with Crippen molar-refractivity contribution in [3.05, 3.63) is 41.2 Å². The van der Waals surface area contributed by atoms with E-state index < -0.39 is 0 Å². The van der Waals surface area contributed by atoms with Gasteiger partial charge in [-0.3, -0.25) is 0 Å². The second-order valence-corrected chi connectivity index (χ2v) is 3.37. The van der Waals surface area contributed by atoms with Gasteiger partial charge in [0.1, 0.15) is 5.82 Å². The highest BCUT2D eigenvalue weighted by atomic mass is 35.5. The van der Waals surface area contributed by atoms with E-state index in [1.54, 1.807) is 6.07 Å². The third-order valence-electron chi connectivity index (χ3n) is 1.51. The van der Waals surface area contributed by atoms with Crippen LogP contribution in [0.1, 0.15) is 6.92 Å². The van der Waals surface area contributed by atoms with Crippen LogP contribution < -0.4 is 5.32 Å². The van der Waals surface area contributed by atoms with Gasteiger partial charge in [0.15, 0.2) is 0 Å². The average Bonchev–Trinajstić information content (AvgIpc) is 2.06. The number of benzene rings is 1. The zero-order chi connectivity index (χ0) is 9.84. The number of nitrogens with one attached hydrogen (secondary N) is 1. The molecule has 1 nitrogen and oxygen atoms in total. The second kappa shape index (κ2) is 4.28. The second-order valence-electron chi connectivity index (χ2n) is 2.93. The predicted molar refractivity (Wildman–Crippen MR) is 54.7 cm³/mol. The van der Waals surface area contributed by atoms with Gasteiger partial charge in [-0.15, -0.1) is 0 Å². The Bertz CT molecular complexity index is 323. The van der Waals surface area contributed by atoms with Crippen molar-refractivity contribution in [2.75, 3.05) is 11.9 Å². The molecule has 13 heavy (non-hydrogen) atoms. The van der Waals surface area contributed by atoms with Gasteiger partial charge in [0.2, 0.25) is 0 Å². The summed E-state index contributed by atoms with van der Waals surface area (Å²) in [6.07, 6.45) is 0. The van der Waals surface area contributed by atoms with Gasteiger partial charge in [0.25, 0.3) is 0 Å². The molecule has 0 radical (unpaired) electrons. The molecule has 0 fully saturated rings. The molecule has 1 aromatic rings. The predicted octanol–water partition coefficient (Wildman–Crippen LogP) is 3.47. The molecule has 0 aliphatic heterocycles. The Morgan fingerprint density at radius 2 is 2.31 bits per heavy atom. The molecule has 1 N–H and O–H groups in total. The summed E-state index contributed by atoms with van der Waals surface area (Å²) >= 11 is 5.70. The van der Waals surface area contributed by atoms with Crippen molar-refractivity contribution in [2.24, 2.45) is 0 Å². The summed E-state index contributed by atoms with van der Waals surface area (Å²) in [7, 11) is 0. The third-order valence-corrected chi connectivity index (χ3v) is 1.74. The molecule has 0 spiro atoms. The Labute approximate surface area is 82.2 Å². The van der Waals surface area contributed by atoms with Gasteiger partial charge in [-0.05, 0) is 25.1 Å². The molecule has 1 rings (SSSR count). The number of rotatable bonds is 3. The van der Waals surface area contributed by atoms with Gasteiger partial charge >= 0.3 is 0 Å². The van der Waals surface area contributed by atoms with E-state index in [4.69, 9.17) is 11.6 Å². The monoisotopic (exact) mass is 199 g/mol. The van der Waals surface area contributed by atoms with Crippen molar-refractivity contribution in [1.82, 2.24) is 0 Å². The summed E-state index contributed by atoms with van der Waals surface area (Å²) in [6, 6.07) is 4.41. The van der Waals surface area contributed by atoms with Crippen LogP contribution in [0.3, 0.4) is 0 Å². The van der Waals surface area contributed by atoms with Crippen molar-refractivity contribution in [1.29, 1.82) is 0 Å². The number of hydrogen-bond acceptors (Lipinski definition) is 1. The molecule has 0 aliphatic rings. The van der Waals surface area contributed by atoms with E-state index in [0.717, 1.165) is 5.57 Å². The molecule has 0 aliphatic carbocycles. The first-order chi connectivity index (χ1) is 6.09. The van der Waals surface area contributed by atoms with Gasteiger partial charge in [-0.1, -0.05) is 23.8 Å². The van der Waals surface area contributed by atoms with Crippen LogP contribution in [0.25, 0.3) is 0 Å². The lowest BCUT2D eigenvalue weighted by molar-refractivity contribution is 0.631. The first-order valence-electron chi connectivity index (χ1n) is 3.93. The zero-order valence-electron chi connectivity index (χ0n) is 7.40. The highest BCUT2D eigenvalue weighted by Crippen LogP contribution is 2.19. The molecule has 0 amide bonds. The highest BCUT2D eigenvalue weighted by molar-refractivity contribution is 6.30.